The minimum absolute atomic E-state index is 0.0511. The largest absolute Gasteiger partial charge is 0.381 e. The number of nitrogens with two attached hydrogens (primary N) is 1. The van der Waals surface area contributed by atoms with E-state index in [0.717, 1.165) is 31.6 Å². The predicted octanol–water partition coefficient (Wildman–Crippen LogP) is 1.25. The Hall–Kier alpha value is -1.83. The van der Waals surface area contributed by atoms with Crippen LogP contribution in [0.3, 0.4) is 0 Å². The molecular formula is C16H20N2O2. The predicted molar refractivity (Wildman–Crippen MR) is 78.3 cm³/mol. The maximum atomic E-state index is 12.4. The minimum atomic E-state index is 0.0511. The first-order valence-corrected chi connectivity index (χ1v) is 6.86. The quantitative estimate of drug-likeness (QED) is 0.824. The SMILES string of the molecule is CN(C(=O)c1ccc(C#CCN)cc1)C1CCOCC1. The highest BCUT2D eigenvalue weighted by molar-refractivity contribution is 5.94. The monoisotopic (exact) mass is 272 g/mol. The summed E-state index contributed by atoms with van der Waals surface area (Å²) < 4.78 is 5.33. The molecule has 1 heterocycles. The standard InChI is InChI=1S/C16H20N2O2/c1-18(15-8-11-20-12-9-15)16(19)14-6-4-13(5-7-14)3-2-10-17/h4-7,15H,8-12,17H2,1H3. The lowest BCUT2D eigenvalue weighted by Crippen LogP contribution is -2.40. The number of amides is 1. The second-order valence-corrected chi connectivity index (χ2v) is 4.84. The van der Waals surface area contributed by atoms with E-state index < -0.39 is 0 Å². The molecule has 1 saturated heterocycles. The Kier molecular flexibility index (Phi) is 5.16. The van der Waals surface area contributed by atoms with Crippen LogP contribution in [0.25, 0.3) is 0 Å². The van der Waals surface area contributed by atoms with E-state index in [0.29, 0.717) is 12.1 Å². The topological polar surface area (TPSA) is 55.6 Å². The van der Waals surface area contributed by atoms with E-state index in [1.54, 1.807) is 0 Å². The van der Waals surface area contributed by atoms with Gasteiger partial charge in [-0.15, -0.1) is 0 Å². The molecule has 0 unspecified atom stereocenters. The molecule has 20 heavy (non-hydrogen) atoms. The van der Waals surface area contributed by atoms with Gasteiger partial charge < -0.3 is 15.4 Å². The summed E-state index contributed by atoms with van der Waals surface area (Å²) in [4.78, 5) is 14.2. The van der Waals surface area contributed by atoms with Gasteiger partial charge in [-0.3, -0.25) is 4.79 Å². The molecule has 0 radical (unpaired) electrons. The van der Waals surface area contributed by atoms with Gasteiger partial charge in [0.1, 0.15) is 0 Å². The van der Waals surface area contributed by atoms with Gasteiger partial charge >= 0.3 is 0 Å². The number of hydrogen-bond acceptors (Lipinski definition) is 3. The Morgan fingerprint density at radius 3 is 2.60 bits per heavy atom. The zero-order chi connectivity index (χ0) is 14.4. The highest BCUT2D eigenvalue weighted by Gasteiger charge is 2.23. The number of carbonyl (C=O) groups excluding carboxylic acids is 1. The molecule has 1 amide bonds. The van der Waals surface area contributed by atoms with Gasteiger partial charge in [0, 0.05) is 37.4 Å². The number of rotatable bonds is 2. The van der Waals surface area contributed by atoms with Gasteiger partial charge in [0.25, 0.3) is 5.91 Å². The van der Waals surface area contributed by atoms with Gasteiger partial charge in [0.15, 0.2) is 0 Å². The fourth-order valence-corrected chi connectivity index (χ4v) is 2.29. The van der Waals surface area contributed by atoms with Crippen LogP contribution in [-0.4, -0.2) is 43.7 Å². The molecule has 1 aromatic rings. The van der Waals surface area contributed by atoms with Crippen LogP contribution in [0.15, 0.2) is 24.3 Å². The Morgan fingerprint density at radius 1 is 1.35 bits per heavy atom. The van der Waals surface area contributed by atoms with Crippen molar-refractivity contribution in [2.24, 2.45) is 5.73 Å². The lowest BCUT2D eigenvalue weighted by Gasteiger charge is -2.31. The molecule has 0 bridgehead atoms. The van der Waals surface area contributed by atoms with Crippen molar-refractivity contribution >= 4 is 5.91 Å². The zero-order valence-electron chi connectivity index (χ0n) is 11.8. The second-order valence-electron chi connectivity index (χ2n) is 4.84. The van der Waals surface area contributed by atoms with E-state index in [2.05, 4.69) is 11.8 Å². The third-order valence-corrected chi connectivity index (χ3v) is 3.53. The molecule has 0 saturated carbocycles. The molecule has 106 valence electrons. The summed E-state index contributed by atoms with van der Waals surface area (Å²) >= 11 is 0. The van der Waals surface area contributed by atoms with E-state index in [9.17, 15) is 4.79 Å². The first kappa shape index (κ1) is 14.6. The average Bonchev–Trinajstić information content (AvgIpc) is 2.53. The van der Waals surface area contributed by atoms with Crippen molar-refractivity contribution in [3.8, 4) is 11.8 Å². The molecule has 2 N–H and O–H groups in total. The smallest absolute Gasteiger partial charge is 0.253 e. The Bertz CT molecular complexity index is 508. The normalized spacial score (nSPS) is 15.3. The van der Waals surface area contributed by atoms with E-state index in [1.165, 1.54) is 0 Å². The molecule has 4 nitrogen and oxygen atoms in total. The summed E-state index contributed by atoms with van der Waals surface area (Å²) in [6, 6.07) is 7.62. The second kappa shape index (κ2) is 7.09. The van der Waals surface area contributed by atoms with E-state index >= 15 is 0 Å². The van der Waals surface area contributed by atoms with Crippen molar-refractivity contribution in [1.82, 2.24) is 4.90 Å². The molecule has 2 rings (SSSR count). The van der Waals surface area contributed by atoms with Crippen molar-refractivity contribution in [1.29, 1.82) is 0 Å². The molecule has 0 aliphatic carbocycles. The minimum Gasteiger partial charge on any atom is -0.381 e. The molecule has 1 fully saturated rings. The van der Waals surface area contributed by atoms with Gasteiger partial charge in [-0.1, -0.05) is 11.8 Å². The van der Waals surface area contributed by atoms with E-state index in [1.807, 2.05) is 36.2 Å². The molecule has 1 aliphatic rings. The van der Waals surface area contributed by atoms with E-state index in [-0.39, 0.29) is 11.9 Å². The van der Waals surface area contributed by atoms with Crippen molar-refractivity contribution in [3.05, 3.63) is 35.4 Å². The van der Waals surface area contributed by atoms with Crippen LogP contribution in [0.2, 0.25) is 0 Å². The third-order valence-electron chi connectivity index (χ3n) is 3.53. The maximum absolute atomic E-state index is 12.4. The molecule has 1 aliphatic heterocycles. The van der Waals surface area contributed by atoms with Crippen LogP contribution < -0.4 is 5.73 Å². The van der Waals surface area contributed by atoms with Gasteiger partial charge in [-0.2, -0.15) is 0 Å². The molecule has 0 aromatic heterocycles. The highest BCUT2D eigenvalue weighted by atomic mass is 16.5. The maximum Gasteiger partial charge on any atom is 0.253 e. The van der Waals surface area contributed by atoms with Gasteiger partial charge in [0.05, 0.1) is 6.54 Å². The zero-order valence-corrected chi connectivity index (χ0v) is 11.8. The summed E-state index contributed by atoms with van der Waals surface area (Å²) in [5.41, 5.74) is 6.90. The molecule has 0 spiro atoms. The van der Waals surface area contributed by atoms with Gasteiger partial charge in [0.2, 0.25) is 0 Å². The number of carbonyl (C=O) groups is 1. The van der Waals surface area contributed by atoms with Crippen molar-refractivity contribution in [2.45, 2.75) is 18.9 Å². The van der Waals surface area contributed by atoms with Gasteiger partial charge in [-0.05, 0) is 37.1 Å². The van der Waals surface area contributed by atoms with Crippen LogP contribution >= 0.6 is 0 Å². The molecule has 1 aromatic carbocycles. The molecule has 4 heteroatoms. The highest BCUT2D eigenvalue weighted by Crippen LogP contribution is 2.16. The third kappa shape index (κ3) is 3.60. The number of benzene rings is 1. The first-order valence-electron chi connectivity index (χ1n) is 6.86. The van der Waals surface area contributed by atoms with Crippen molar-refractivity contribution < 1.29 is 9.53 Å². The summed E-state index contributed by atoms with van der Waals surface area (Å²) in [5, 5.41) is 0. The van der Waals surface area contributed by atoms with Crippen LogP contribution in [0, 0.1) is 11.8 Å². The van der Waals surface area contributed by atoms with Gasteiger partial charge in [-0.25, -0.2) is 0 Å². The summed E-state index contributed by atoms with van der Waals surface area (Å²) in [6.07, 6.45) is 1.81. The summed E-state index contributed by atoms with van der Waals surface area (Å²) in [6.45, 7) is 1.80. The van der Waals surface area contributed by atoms with Crippen LogP contribution in [0.4, 0.5) is 0 Å². The Labute approximate surface area is 119 Å². The first-order chi connectivity index (χ1) is 9.72. The molecule has 0 atom stereocenters. The van der Waals surface area contributed by atoms with Crippen LogP contribution in [0.5, 0.6) is 0 Å². The molecular weight excluding hydrogens is 252 g/mol. The Balaban J connectivity index is 2.04. The lowest BCUT2D eigenvalue weighted by molar-refractivity contribution is 0.0362. The van der Waals surface area contributed by atoms with Crippen molar-refractivity contribution in [3.63, 3.8) is 0 Å². The Morgan fingerprint density at radius 2 is 2.00 bits per heavy atom. The number of ether oxygens (including phenoxy) is 1. The van der Waals surface area contributed by atoms with Crippen molar-refractivity contribution in [2.75, 3.05) is 26.8 Å². The van der Waals surface area contributed by atoms with Crippen LogP contribution in [-0.2, 0) is 4.74 Å². The number of nitrogens with zero attached hydrogens (tertiary/aromatic N) is 1. The summed E-state index contributed by atoms with van der Waals surface area (Å²) in [5.74, 6) is 5.79. The average molecular weight is 272 g/mol. The number of hydrogen-bond donors (Lipinski definition) is 1. The fourth-order valence-electron chi connectivity index (χ4n) is 2.29. The lowest BCUT2D eigenvalue weighted by atomic mass is 10.1. The summed E-state index contributed by atoms with van der Waals surface area (Å²) in [7, 11) is 1.86. The fraction of sp³-hybridized carbons (Fsp3) is 0.438. The van der Waals surface area contributed by atoms with Crippen LogP contribution in [0.1, 0.15) is 28.8 Å². The van der Waals surface area contributed by atoms with E-state index in [4.69, 9.17) is 10.5 Å².